The molecule has 24 heavy (non-hydrogen) atoms. The lowest BCUT2D eigenvalue weighted by molar-refractivity contribution is 0.582. The number of aryl methyl sites for hydroxylation is 2. The zero-order chi connectivity index (χ0) is 16.7. The Labute approximate surface area is 167 Å². The van der Waals surface area contributed by atoms with Crippen LogP contribution in [0.15, 0.2) is 4.99 Å². The number of aliphatic imine (C=N–C) groups is 1. The minimum Gasteiger partial charge on any atom is -0.357 e. The first-order valence-corrected chi connectivity index (χ1v) is 10.0. The van der Waals surface area contributed by atoms with Gasteiger partial charge < -0.3 is 10.6 Å². The van der Waals surface area contributed by atoms with E-state index in [1.807, 2.05) is 23.5 Å². The fourth-order valence-corrected chi connectivity index (χ4v) is 4.17. The molecule has 1 aliphatic heterocycles. The summed E-state index contributed by atoms with van der Waals surface area (Å²) >= 11 is 2.03. The van der Waals surface area contributed by atoms with Crippen LogP contribution in [0.5, 0.6) is 0 Å². The molecule has 0 saturated carbocycles. The molecule has 7 heteroatoms. The van der Waals surface area contributed by atoms with Crippen LogP contribution < -0.4 is 10.6 Å². The summed E-state index contributed by atoms with van der Waals surface area (Å²) in [6.07, 6.45) is 4.49. The van der Waals surface area contributed by atoms with Gasteiger partial charge in [0.25, 0.3) is 0 Å². The first kappa shape index (κ1) is 21.6. The van der Waals surface area contributed by atoms with E-state index in [-0.39, 0.29) is 24.0 Å². The van der Waals surface area contributed by atoms with Crippen molar-refractivity contribution in [2.24, 2.45) is 12.0 Å². The number of nitrogens with zero attached hydrogens (tertiary/aromatic N) is 3. The van der Waals surface area contributed by atoms with E-state index in [1.165, 1.54) is 41.3 Å². The highest BCUT2D eigenvalue weighted by molar-refractivity contribution is 14.0. The number of nitrogens with one attached hydrogen (secondary N) is 2. The summed E-state index contributed by atoms with van der Waals surface area (Å²) in [5.41, 5.74) is 3.78. The van der Waals surface area contributed by atoms with Gasteiger partial charge in [0, 0.05) is 36.6 Å². The predicted molar refractivity (Wildman–Crippen MR) is 116 cm³/mol. The monoisotopic (exact) mass is 465 g/mol. The Kier molecular flexibility index (Phi) is 10.1. The predicted octanol–water partition coefficient (Wildman–Crippen LogP) is 3.11. The highest BCUT2D eigenvalue weighted by atomic mass is 127. The Morgan fingerprint density at radius 1 is 1.33 bits per heavy atom. The second-order valence-corrected chi connectivity index (χ2v) is 7.11. The third-order valence-corrected chi connectivity index (χ3v) is 5.48. The average molecular weight is 465 g/mol. The zero-order valence-corrected chi connectivity index (χ0v) is 18.5. The number of hydrogen-bond donors (Lipinski definition) is 2. The lowest BCUT2D eigenvalue weighted by Gasteiger charge is -2.24. The Balaban J connectivity index is 0.00000288. The maximum absolute atomic E-state index is 4.84. The third-order valence-electron chi connectivity index (χ3n) is 4.27. The summed E-state index contributed by atoms with van der Waals surface area (Å²) in [7, 11) is 2.04. The normalized spacial score (nSPS) is 18.2. The SMILES string of the molecule is CCNC(=NCc1c(CC)nn(C)c1CC)NC1CCCSC1.I. The number of halogens is 1. The van der Waals surface area contributed by atoms with Crippen LogP contribution in [0.2, 0.25) is 0 Å². The van der Waals surface area contributed by atoms with Crippen LogP contribution >= 0.6 is 35.7 Å². The Hall–Kier alpha value is -0.440. The molecule has 0 radical (unpaired) electrons. The van der Waals surface area contributed by atoms with Crippen molar-refractivity contribution in [1.29, 1.82) is 0 Å². The molecule has 2 rings (SSSR count). The summed E-state index contributed by atoms with van der Waals surface area (Å²) in [4.78, 5) is 4.84. The summed E-state index contributed by atoms with van der Waals surface area (Å²) in [5, 5.41) is 11.6. The zero-order valence-electron chi connectivity index (χ0n) is 15.4. The van der Waals surface area contributed by atoms with Crippen LogP contribution in [0.3, 0.4) is 0 Å². The van der Waals surface area contributed by atoms with E-state index in [1.54, 1.807) is 0 Å². The summed E-state index contributed by atoms with van der Waals surface area (Å²) in [6.45, 7) is 8.06. The molecule has 5 nitrogen and oxygen atoms in total. The van der Waals surface area contributed by atoms with Gasteiger partial charge in [-0.1, -0.05) is 13.8 Å². The first-order valence-electron chi connectivity index (χ1n) is 8.85. The van der Waals surface area contributed by atoms with E-state index in [2.05, 4.69) is 36.5 Å². The molecule has 0 spiro atoms. The molecule has 138 valence electrons. The minimum atomic E-state index is 0. The van der Waals surface area contributed by atoms with Crippen molar-refractivity contribution in [3.8, 4) is 0 Å². The largest absolute Gasteiger partial charge is 0.357 e. The van der Waals surface area contributed by atoms with Crippen molar-refractivity contribution in [1.82, 2.24) is 20.4 Å². The number of rotatable bonds is 6. The standard InChI is InChI=1S/C17H31N5S.HI/c1-5-15-14(16(6-2)22(4)21-15)11-19-17(18-7-3)20-13-9-8-10-23-12-13;/h13H,5-12H2,1-4H3,(H2,18,19,20);1H. The first-order chi connectivity index (χ1) is 11.2. The van der Waals surface area contributed by atoms with E-state index in [9.17, 15) is 0 Å². The van der Waals surface area contributed by atoms with Crippen molar-refractivity contribution in [3.05, 3.63) is 17.0 Å². The summed E-state index contributed by atoms with van der Waals surface area (Å²) in [6, 6.07) is 0.539. The smallest absolute Gasteiger partial charge is 0.191 e. The van der Waals surface area contributed by atoms with Crippen LogP contribution in [0.25, 0.3) is 0 Å². The molecular weight excluding hydrogens is 433 g/mol. The van der Waals surface area contributed by atoms with Gasteiger partial charge in [-0.25, -0.2) is 4.99 Å². The molecule has 2 heterocycles. The molecule has 1 aliphatic rings. The van der Waals surface area contributed by atoms with Gasteiger partial charge in [0.2, 0.25) is 0 Å². The van der Waals surface area contributed by atoms with E-state index in [0.29, 0.717) is 12.6 Å². The number of guanidine groups is 1. The summed E-state index contributed by atoms with van der Waals surface area (Å²) in [5.74, 6) is 3.41. The third kappa shape index (κ3) is 5.82. The fourth-order valence-electron chi connectivity index (χ4n) is 3.10. The van der Waals surface area contributed by atoms with Crippen molar-refractivity contribution in [2.75, 3.05) is 18.1 Å². The molecule has 1 aromatic heterocycles. The Morgan fingerprint density at radius 3 is 2.71 bits per heavy atom. The molecular formula is C17H32IN5S. The molecule has 1 fully saturated rings. The highest BCUT2D eigenvalue weighted by Gasteiger charge is 2.16. The quantitative estimate of drug-likeness (QED) is 0.385. The molecule has 0 bridgehead atoms. The van der Waals surface area contributed by atoms with E-state index >= 15 is 0 Å². The molecule has 1 unspecified atom stereocenters. The number of thioether (sulfide) groups is 1. The highest BCUT2D eigenvalue weighted by Crippen LogP contribution is 2.18. The summed E-state index contributed by atoms with van der Waals surface area (Å²) < 4.78 is 2.02. The van der Waals surface area contributed by atoms with Gasteiger partial charge in [0.1, 0.15) is 0 Å². The fraction of sp³-hybridized carbons (Fsp3) is 0.765. The van der Waals surface area contributed by atoms with Crippen molar-refractivity contribution >= 4 is 41.7 Å². The molecule has 0 amide bonds. The Bertz CT molecular complexity index is 523. The second kappa shape index (κ2) is 11.2. The van der Waals surface area contributed by atoms with Crippen LogP contribution in [0.4, 0.5) is 0 Å². The van der Waals surface area contributed by atoms with Gasteiger partial charge in [0.15, 0.2) is 5.96 Å². The Morgan fingerprint density at radius 2 is 2.12 bits per heavy atom. The van der Waals surface area contributed by atoms with Gasteiger partial charge in [-0.05, 0) is 38.4 Å². The molecule has 2 N–H and O–H groups in total. The maximum Gasteiger partial charge on any atom is 0.191 e. The second-order valence-electron chi connectivity index (χ2n) is 5.96. The molecule has 1 saturated heterocycles. The van der Waals surface area contributed by atoms with Gasteiger partial charge in [-0.2, -0.15) is 16.9 Å². The van der Waals surface area contributed by atoms with Gasteiger partial charge in [-0.3, -0.25) is 4.68 Å². The minimum absolute atomic E-state index is 0. The lowest BCUT2D eigenvalue weighted by atomic mass is 10.1. The topological polar surface area (TPSA) is 54.2 Å². The van der Waals surface area contributed by atoms with E-state index < -0.39 is 0 Å². The van der Waals surface area contributed by atoms with Crippen LogP contribution in [-0.2, 0) is 26.4 Å². The van der Waals surface area contributed by atoms with Gasteiger partial charge >= 0.3 is 0 Å². The van der Waals surface area contributed by atoms with Crippen LogP contribution in [-0.4, -0.2) is 39.8 Å². The van der Waals surface area contributed by atoms with Crippen LogP contribution in [0.1, 0.15) is 50.6 Å². The lowest BCUT2D eigenvalue weighted by Crippen LogP contribution is -2.45. The average Bonchev–Trinajstić information content (AvgIpc) is 2.88. The molecule has 0 aliphatic carbocycles. The molecule has 1 atom stereocenters. The molecule has 0 aromatic carbocycles. The van der Waals surface area contributed by atoms with Gasteiger partial charge in [0.05, 0.1) is 12.2 Å². The van der Waals surface area contributed by atoms with Crippen LogP contribution in [0, 0.1) is 0 Å². The van der Waals surface area contributed by atoms with Crippen molar-refractivity contribution in [2.45, 2.75) is 59.0 Å². The molecule has 1 aromatic rings. The maximum atomic E-state index is 4.84. The van der Waals surface area contributed by atoms with Crippen molar-refractivity contribution < 1.29 is 0 Å². The van der Waals surface area contributed by atoms with E-state index in [0.717, 1.165) is 25.3 Å². The van der Waals surface area contributed by atoms with Crippen molar-refractivity contribution in [3.63, 3.8) is 0 Å². The number of aromatic nitrogens is 2. The van der Waals surface area contributed by atoms with E-state index in [4.69, 9.17) is 4.99 Å². The number of hydrogen-bond acceptors (Lipinski definition) is 3. The van der Waals surface area contributed by atoms with Gasteiger partial charge in [-0.15, -0.1) is 24.0 Å².